The SMILES string of the molecule is Cc1nc(CN(C)C)ncc1C(=O)O. The molecule has 0 unspecified atom stereocenters. The normalized spacial score (nSPS) is 10.6. The Balaban J connectivity index is 2.94. The predicted octanol–water partition coefficient (Wildman–Crippen LogP) is 0.545. The first kappa shape index (κ1) is 10.6. The Hall–Kier alpha value is -1.49. The smallest absolute Gasteiger partial charge is 0.339 e. The predicted molar refractivity (Wildman–Crippen MR) is 51.1 cm³/mol. The van der Waals surface area contributed by atoms with Crippen molar-refractivity contribution in [1.29, 1.82) is 0 Å². The Labute approximate surface area is 82.4 Å². The van der Waals surface area contributed by atoms with Gasteiger partial charge in [-0.05, 0) is 21.0 Å². The van der Waals surface area contributed by atoms with E-state index in [1.807, 2.05) is 19.0 Å². The number of aromatic nitrogens is 2. The van der Waals surface area contributed by atoms with Crippen LogP contribution in [0.4, 0.5) is 0 Å². The lowest BCUT2D eigenvalue weighted by molar-refractivity contribution is 0.0695. The van der Waals surface area contributed by atoms with Crippen LogP contribution in [0.15, 0.2) is 6.20 Å². The Kier molecular flexibility index (Phi) is 3.14. The number of carboxylic acid groups (broad SMARTS) is 1. The van der Waals surface area contributed by atoms with Gasteiger partial charge in [0.2, 0.25) is 0 Å². The minimum absolute atomic E-state index is 0.160. The van der Waals surface area contributed by atoms with E-state index in [4.69, 9.17) is 5.11 Å². The fraction of sp³-hybridized carbons (Fsp3) is 0.444. The van der Waals surface area contributed by atoms with Gasteiger partial charge in [-0.3, -0.25) is 0 Å². The molecule has 76 valence electrons. The molecule has 0 saturated heterocycles. The van der Waals surface area contributed by atoms with Crippen LogP contribution >= 0.6 is 0 Å². The number of hydrogen-bond acceptors (Lipinski definition) is 4. The fourth-order valence-electron chi connectivity index (χ4n) is 1.08. The lowest BCUT2D eigenvalue weighted by atomic mass is 10.2. The first-order chi connectivity index (χ1) is 6.50. The van der Waals surface area contributed by atoms with Gasteiger partial charge in [-0.2, -0.15) is 0 Å². The molecule has 0 aliphatic rings. The Morgan fingerprint density at radius 3 is 2.64 bits per heavy atom. The molecule has 1 aromatic heterocycles. The summed E-state index contributed by atoms with van der Waals surface area (Å²) in [6.45, 7) is 2.28. The van der Waals surface area contributed by atoms with Gasteiger partial charge >= 0.3 is 5.97 Å². The van der Waals surface area contributed by atoms with Crippen molar-refractivity contribution >= 4 is 5.97 Å². The van der Waals surface area contributed by atoms with Crippen molar-refractivity contribution in [3.63, 3.8) is 0 Å². The molecule has 0 radical (unpaired) electrons. The summed E-state index contributed by atoms with van der Waals surface area (Å²) >= 11 is 0. The molecule has 0 aromatic carbocycles. The highest BCUT2D eigenvalue weighted by Crippen LogP contribution is 2.04. The van der Waals surface area contributed by atoms with Crippen molar-refractivity contribution in [2.75, 3.05) is 14.1 Å². The molecule has 0 atom stereocenters. The van der Waals surface area contributed by atoms with Crippen LogP contribution in [0, 0.1) is 6.92 Å². The van der Waals surface area contributed by atoms with E-state index in [-0.39, 0.29) is 5.56 Å². The van der Waals surface area contributed by atoms with Gasteiger partial charge < -0.3 is 10.0 Å². The molecule has 5 heteroatoms. The Morgan fingerprint density at radius 2 is 2.21 bits per heavy atom. The highest BCUT2D eigenvalue weighted by molar-refractivity contribution is 5.88. The zero-order chi connectivity index (χ0) is 10.7. The van der Waals surface area contributed by atoms with Crippen molar-refractivity contribution in [2.24, 2.45) is 0 Å². The minimum Gasteiger partial charge on any atom is -0.478 e. The maximum atomic E-state index is 10.7. The summed E-state index contributed by atoms with van der Waals surface area (Å²) in [6, 6.07) is 0. The number of aromatic carboxylic acids is 1. The molecule has 5 nitrogen and oxygen atoms in total. The molecule has 1 aromatic rings. The number of carboxylic acids is 1. The van der Waals surface area contributed by atoms with Gasteiger partial charge in [-0.15, -0.1) is 0 Å². The maximum Gasteiger partial charge on any atom is 0.339 e. The molecule has 0 bridgehead atoms. The van der Waals surface area contributed by atoms with E-state index in [0.717, 1.165) is 0 Å². The van der Waals surface area contributed by atoms with E-state index in [2.05, 4.69) is 9.97 Å². The average molecular weight is 195 g/mol. The maximum absolute atomic E-state index is 10.7. The van der Waals surface area contributed by atoms with Crippen molar-refractivity contribution in [3.8, 4) is 0 Å². The van der Waals surface area contributed by atoms with Gasteiger partial charge in [0, 0.05) is 6.20 Å². The lowest BCUT2D eigenvalue weighted by Crippen LogP contribution is -2.15. The van der Waals surface area contributed by atoms with Crippen molar-refractivity contribution in [3.05, 3.63) is 23.3 Å². The van der Waals surface area contributed by atoms with Crippen molar-refractivity contribution in [2.45, 2.75) is 13.5 Å². The van der Waals surface area contributed by atoms with Gasteiger partial charge in [0.25, 0.3) is 0 Å². The average Bonchev–Trinajstić information content (AvgIpc) is 2.01. The second-order valence-electron chi connectivity index (χ2n) is 3.33. The lowest BCUT2D eigenvalue weighted by Gasteiger charge is -2.08. The second-order valence-corrected chi connectivity index (χ2v) is 3.33. The third-order valence-electron chi connectivity index (χ3n) is 1.72. The van der Waals surface area contributed by atoms with Crippen LogP contribution in [0.25, 0.3) is 0 Å². The zero-order valence-electron chi connectivity index (χ0n) is 8.48. The van der Waals surface area contributed by atoms with E-state index < -0.39 is 5.97 Å². The summed E-state index contributed by atoms with van der Waals surface area (Å²) in [5.74, 6) is -0.351. The van der Waals surface area contributed by atoms with Gasteiger partial charge in [-0.25, -0.2) is 14.8 Å². The van der Waals surface area contributed by atoms with Crippen molar-refractivity contribution < 1.29 is 9.90 Å². The number of hydrogen-bond donors (Lipinski definition) is 1. The van der Waals surface area contributed by atoms with Crippen LogP contribution in [0.1, 0.15) is 21.9 Å². The van der Waals surface area contributed by atoms with Crippen molar-refractivity contribution in [1.82, 2.24) is 14.9 Å². The standard InChI is InChI=1S/C9H13N3O2/c1-6-7(9(13)14)4-10-8(11-6)5-12(2)3/h4H,5H2,1-3H3,(H,13,14). The van der Waals surface area contributed by atoms with Crippen LogP contribution in [0.3, 0.4) is 0 Å². The number of rotatable bonds is 3. The van der Waals surface area contributed by atoms with E-state index in [0.29, 0.717) is 18.1 Å². The van der Waals surface area contributed by atoms with E-state index in [1.54, 1.807) is 6.92 Å². The monoisotopic (exact) mass is 195 g/mol. The molecule has 0 amide bonds. The molecule has 0 fully saturated rings. The zero-order valence-corrected chi connectivity index (χ0v) is 8.48. The van der Waals surface area contributed by atoms with Gasteiger partial charge in [0.15, 0.2) is 0 Å². The first-order valence-electron chi connectivity index (χ1n) is 4.21. The van der Waals surface area contributed by atoms with E-state index in [9.17, 15) is 4.79 Å². The Morgan fingerprint density at radius 1 is 1.57 bits per heavy atom. The topological polar surface area (TPSA) is 66.3 Å². The molecule has 0 saturated carbocycles. The van der Waals surface area contributed by atoms with Crippen LogP contribution in [0.2, 0.25) is 0 Å². The van der Waals surface area contributed by atoms with Crippen LogP contribution in [-0.2, 0) is 6.54 Å². The molecule has 1 rings (SSSR count). The molecule has 1 heterocycles. The summed E-state index contributed by atoms with van der Waals surface area (Å²) in [7, 11) is 3.81. The number of nitrogens with zero attached hydrogens (tertiary/aromatic N) is 3. The highest BCUT2D eigenvalue weighted by atomic mass is 16.4. The summed E-state index contributed by atoms with van der Waals surface area (Å²) in [6.07, 6.45) is 1.35. The molecule has 0 aliphatic heterocycles. The van der Waals surface area contributed by atoms with Gasteiger partial charge in [0.1, 0.15) is 5.82 Å². The highest BCUT2D eigenvalue weighted by Gasteiger charge is 2.09. The van der Waals surface area contributed by atoms with Gasteiger partial charge in [-0.1, -0.05) is 0 Å². The molecule has 0 aliphatic carbocycles. The van der Waals surface area contributed by atoms with Gasteiger partial charge in [0.05, 0.1) is 17.8 Å². The quantitative estimate of drug-likeness (QED) is 0.762. The third-order valence-corrected chi connectivity index (χ3v) is 1.72. The molecule has 1 N–H and O–H groups in total. The van der Waals surface area contributed by atoms with Crippen LogP contribution in [0.5, 0.6) is 0 Å². The molecule has 0 spiro atoms. The summed E-state index contributed by atoms with van der Waals surface area (Å²) < 4.78 is 0. The third kappa shape index (κ3) is 2.50. The number of aryl methyl sites for hydroxylation is 1. The van der Waals surface area contributed by atoms with E-state index >= 15 is 0 Å². The largest absolute Gasteiger partial charge is 0.478 e. The molecular formula is C9H13N3O2. The fourth-order valence-corrected chi connectivity index (χ4v) is 1.08. The van der Waals surface area contributed by atoms with Crippen LogP contribution < -0.4 is 0 Å². The summed E-state index contributed by atoms with van der Waals surface area (Å²) in [4.78, 5) is 20.7. The first-order valence-corrected chi connectivity index (χ1v) is 4.21. The minimum atomic E-state index is -0.987. The molecule has 14 heavy (non-hydrogen) atoms. The van der Waals surface area contributed by atoms with E-state index in [1.165, 1.54) is 6.20 Å². The summed E-state index contributed by atoms with van der Waals surface area (Å²) in [5, 5.41) is 8.75. The number of carbonyl (C=O) groups is 1. The molecular weight excluding hydrogens is 182 g/mol. The second kappa shape index (κ2) is 4.15. The van der Waals surface area contributed by atoms with Crippen LogP contribution in [-0.4, -0.2) is 40.0 Å². The summed E-state index contributed by atoms with van der Waals surface area (Å²) in [5.41, 5.74) is 0.664. The Bertz CT molecular complexity index is 350.